The van der Waals surface area contributed by atoms with Crippen LogP contribution in [0, 0.1) is 0 Å². The first-order valence-electron chi connectivity index (χ1n) is 6.32. The summed E-state index contributed by atoms with van der Waals surface area (Å²) in [5.41, 5.74) is 5.87. The summed E-state index contributed by atoms with van der Waals surface area (Å²) < 4.78 is 11.5. The predicted octanol–water partition coefficient (Wildman–Crippen LogP) is -0.203. The van der Waals surface area contributed by atoms with E-state index in [9.17, 15) is 9.59 Å². The molecule has 1 amide bonds. The zero-order valence-electron chi connectivity index (χ0n) is 11.8. The Hall–Kier alpha value is -1.70. The molecule has 0 radical (unpaired) electrons. The van der Waals surface area contributed by atoms with Gasteiger partial charge in [0.2, 0.25) is 5.91 Å². The maximum Gasteiger partial charge on any atom is 0.250 e. The molecule has 1 aromatic heterocycles. The highest BCUT2D eigenvalue weighted by atomic mass is 16.5. The van der Waals surface area contributed by atoms with E-state index in [2.05, 4.69) is 5.32 Å². The van der Waals surface area contributed by atoms with Crippen molar-refractivity contribution >= 4 is 11.6 Å². The Balaban J connectivity index is 2.67. The van der Waals surface area contributed by atoms with Crippen LogP contribution in [0.4, 0.5) is 5.69 Å². The Bertz CT molecular complexity index is 483. The second-order valence-corrected chi connectivity index (χ2v) is 4.29. The molecule has 0 aliphatic heterocycles. The molecule has 0 saturated carbocycles. The van der Waals surface area contributed by atoms with Gasteiger partial charge in [0.05, 0.1) is 24.8 Å². The van der Waals surface area contributed by atoms with E-state index < -0.39 is 0 Å². The van der Waals surface area contributed by atoms with Gasteiger partial charge in [-0.15, -0.1) is 0 Å². The number of ether oxygens (including phenoxy) is 2. The Morgan fingerprint density at radius 1 is 1.45 bits per heavy atom. The van der Waals surface area contributed by atoms with Gasteiger partial charge in [-0.2, -0.15) is 0 Å². The zero-order chi connectivity index (χ0) is 15.0. The quantitative estimate of drug-likeness (QED) is 0.688. The smallest absolute Gasteiger partial charge is 0.250 e. The third-order valence-electron chi connectivity index (χ3n) is 2.81. The Morgan fingerprint density at radius 2 is 2.20 bits per heavy atom. The first-order valence-corrected chi connectivity index (χ1v) is 6.32. The molecule has 0 aliphatic rings. The average Bonchev–Trinajstić information content (AvgIpc) is 2.45. The van der Waals surface area contributed by atoms with E-state index in [1.54, 1.807) is 19.4 Å². The van der Waals surface area contributed by atoms with Crippen molar-refractivity contribution in [3.8, 4) is 0 Å². The number of nitrogens with two attached hydrogens (primary N) is 1. The lowest BCUT2D eigenvalue weighted by Gasteiger charge is -2.13. The molecular formula is C13H21N3O4. The van der Waals surface area contributed by atoms with Crippen molar-refractivity contribution in [1.29, 1.82) is 0 Å². The van der Waals surface area contributed by atoms with Gasteiger partial charge in [-0.05, 0) is 6.07 Å². The Labute approximate surface area is 117 Å². The molecule has 0 aliphatic carbocycles. The summed E-state index contributed by atoms with van der Waals surface area (Å²) in [5.74, 6) is -0.209. The number of carbonyl (C=O) groups excluding carboxylic acids is 1. The molecule has 7 nitrogen and oxygen atoms in total. The van der Waals surface area contributed by atoms with E-state index in [0.29, 0.717) is 18.8 Å². The molecule has 0 fully saturated rings. The van der Waals surface area contributed by atoms with E-state index in [0.717, 1.165) is 0 Å². The van der Waals surface area contributed by atoms with Gasteiger partial charge in [0.1, 0.15) is 0 Å². The van der Waals surface area contributed by atoms with E-state index in [4.69, 9.17) is 15.2 Å². The zero-order valence-corrected chi connectivity index (χ0v) is 11.8. The number of pyridine rings is 1. The van der Waals surface area contributed by atoms with E-state index in [1.165, 1.54) is 17.7 Å². The van der Waals surface area contributed by atoms with Crippen molar-refractivity contribution in [3.05, 3.63) is 28.7 Å². The van der Waals surface area contributed by atoms with E-state index >= 15 is 0 Å². The van der Waals surface area contributed by atoms with Gasteiger partial charge in [-0.3, -0.25) is 9.59 Å². The van der Waals surface area contributed by atoms with Gasteiger partial charge >= 0.3 is 0 Å². The molecule has 112 valence electrons. The SMILES string of the molecule is COCCn1cc(NC(=O)CC(CN)OC)ccc1=O. The van der Waals surface area contributed by atoms with Gasteiger partial charge in [0.15, 0.2) is 0 Å². The number of hydrogen-bond acceptors (Lipinski definition) is 5. The van der Waals surface area contributed by atoms with Crippen LogP contribution in [0.5, 0.6) is 0 Å². The Morgan fingerprint density at radius 3 is 2.80 bits per heavy atom. The summed E-state index contributed by atoms with van der Waals surface area (Å²) in [6.07, 6.45) is 1.45. The van der Waals surface area contributed by atoms with Gasteiger partial charge < -0.3 is 25.1 Å². The second kappa shape index (κ2) is 8.47. The molecule has 7 heteroatoms. The van der Waals surface area contributed by atoms with Crippen LogP contribution in [0.1, 0.15) is 6.42 Å². The van der Waals surface area contributed by atoms with Crippen LogP contribution in [-0.2, 0) is 20.8 Å². The van der Waals surface area contributed by atoms with Crippen molar-refractivity contribution in [2.24, 2.45) is 5.73 Å². The highest BCUT2D eigenvalue weighted by Crippen LogP contribution is 2.05. The molecule has 0 bridgehead atoms. The number of aromatic nitrogens is 1. The number of anilines is 1. The van der Waals surface area contributed by atoms with Crippen LogP contribution in [0.15, 0.2) is 23.1 Å². The number of carbonyl (C=O) groups is 1. The molecular weight excluding hydrogens is 262 g/mol. The number of amides is 1. The van der Waals surface area contributed by atoms with Gasteiger partial charge in [0, 0.05) is 39.6 Å². The van der Waals surface area contributed by atoms with Crippen molar-refractivity contribution < 1.29 is 14.3 Å². The largest absolute Gasteiger partial charge is 0.383 e. The van der Waals surface area contributed by atoms with E-state index in [1.807, 2.05) is 0 Å². The summed E-state index contributed by atoms with van der Waals surface area (Å²) in [6.45, 7) is 1.13. The number of rotatable bonds is 8. The Kier molecular flexibility index (Phi) is 6.92. The van der Waals surface area contributed by atoms with Crippen molar-refractivity contribution in [2.75, 3.05) is 32.7 Å². The highest BCUT2D eigenvalue weighted by Gasteiger charge is 2.11. The molecule has 1 unspecified atom stereocenters. The molecule has 0 aromatic carbocycles. The fourth-order valence-electron chi connectivity index (χ4n) is 1.65. The lowest BCUT2D eigenvalue weighted by Crippen LogP contribution is -2.28. The van der Waals surface area contributed by atoms with Crippen LogP contribution >= 0.6 is 0 Å². The number of nitrogens with zero attached hydrogens (tertiary/aromatic N) is 1. The standard InChI is InChI=1S/C13H21N3O4/c1-19-6-5-16-9-10(3-4-13(16)18)15-12(17)7-11(8-14)20-2/h3-4,9,11H,5-8,14H2,1-2H3,(H,15,17). The minimum Gasteiger partial charge on any atom is -0.383 e. The maximum absolute atomic E-state index is 11.8. The number of methoxy groups -OCH3 is 2. The molecule has 0 saturated heterocycles. The molecule has 20 heavy (non-hydrogen) atoms. The monoisotopic (exact) mass is 283 g/mol. The van der Waals surface area contributed by atoms with Crippen LogP contribution in [0.2, 0.25) is 0 Å². The van der Waals surface area contributed by atoms with Crippen LogP contribution in [0.3, 0.4) is 0 Å². The fraction of sp³-hybridized carbons (Fsp3) is 0.538. The predicted molar refractivity (Wildman–Crippen MR) is 75.7 cm³/mol. The number of hydrogen-bond donors (Lipinski definition) is 2. The van der Waals surface area contributed by atoms with Gasteiger partial charge in [0.25, 0.3) is 5.56 Å². The summed E-state index contributed by atoms with van der Waals surface area (Å²) >= 11 is 0. The first-order chi connectivity index (χ1) is 9.60. The summed E-state index contributed by atoms with van der Waals surface area (Å²) in [5, 5.41) is 2.71. The van der Waals surface area contributed by atoms with Crippen molar-refractivity contribution in [2.45, 2.75) is 19.1 Å². The van der Waals surface area contributed by atoms with Gasteiger partial charge in [-0.25, -0.2) is 0 Å². The minimum atomic E-state index is -0.311. The third-order valence-corrected chi connectivity index (χ3v) is 2.81. The van der Waals surface area contributed by atoms with Crippen molar-refractivity contribution in [1.82, 2.24) is 4.57 Å². The summed E-state index contributed by atoms with van der Waals surface area (Å²) in [7, 11) is 3.07. The molecule has 1 aromatic rings. The second-order valence-electron chi connectivity index (χ2n) is 4.29. The van der Waals surface area contributed by atoms with Crippen LogP contribution in [0.25, 0.3) is 0 Å². The lowest BCUT2D eigenvalue weighted by atomic mass is 10.2. The molecule has 3 N–H and O–H groups in total. The van der Waals surface area contributed by atoms with Gasteiger partial charge in [-0.1, -0.05) is 0 Å². The molecule has 0 spiro atoms. The number of nitrogens with one attached hydrogen (secondary N) is 1. The van der Waals surface area contributed by atoms with E-state index in [-0.39, 0.29) is 30.5 Å². The topological polar surface area (TPSA) is 95.6 Å². The molecule has 1 atom stereocenters. The third kappa shape index (κ3) is 5.12. The normalized spacial score (nSPS) is 12.2. The molecule has 1 heterocycles. The lowest BCUT2D eigenvalue weighted by molar-refractivity contribution is -0.118. The minimum absolute atomic E-state index is 0.142. The van der Waals surface area contributed by atoms with Crippen LogP contribution in [-0.4, -0.2) is 43.9 Å². The summed E-state index contributed by atoms with van der Waals surface area (Å²) in [6, 6.07) is 2.97. The first kappa shape index (κ1) is 16.4. The highest BCUT2D eigenvalue weighted by molar-refractivity contribution is 5.90. The van der Waals surface area contributed by atoms with Crippen LogP contribution < -0.4 is 16.6 Å². The summed E-state index contributed by atoms with van der Waals surface area (Å²) in [4.78, 5) is 23.4. The average molecular weight is 283 g/mol. The fourth-order valence-corrected chi connectivity index (χ4v) is 1.65. The molecule has 1 rings (SSSR count). The maximum atomic E-state index is 11.8. The van der Waals surface area contributed by atoms with Crippen molar-refractivity contribution in [3.63, 3.8) is 0 Å².